The maximum atomic E-state index is 4.95. The third kappa shape index (κ3) is 3.07. The Hall–Kier alpha value is -1.05. The van der Waals surface area contributed by atoms with Crippen LogP contribution in [0.1, 0.15) is 13.8 Å². The highest BCUT2D eigenvalue weighted by Gasteiger charge is 1.90. The van der Waals surface area contributed by atoms with Crippen LogP contribution in [0.3, 0.4) is 0 Å². The van der Waals surface area contributed by atoms with Crippen molar-refractivity contribution in [3.05, 3.63) is 24.1 Å². The van der Waals surface area contributed by atoms with Crippen molar-refractivity contribution in [1.29, 1.82) is 0 Å². The lowest BCUT2D eigenvalue weighted by atomic mass is 10.4. The Morgan fingerprint density at radius 1 is 1.50 bits per heavy atom. The minimum atomic E-state index is 0.653. The zero-order valence-corrected chi connectivity index (χ0v) is 6.72. The Morgan fingerprint density at radius 3 is 2.40 bits per heavy atom. The van der Waals surface area contributed by atoms with Crippen LogP contribution in [-0.4, -0.2) is 13.3 Å². The van der Waals surface area contributed by atoms with Crippen LogP contribution in [0.4, 0.5) is 0 Å². The summed E-state index contributed by atoms with van der Waals surface area (Å²) in [6, 6.07) is 0. The molecular weight excluding hydrogens is 126 g/mol. The summed E-state index contributed by atoms with van der Waals surface area (Å²) in [4.78, 5) is 3.97. The number of allylic oxidation sites excluding steroid dienone is 2. The third-order valence-corrected chi connectivity index (χ3v) is 0.918. The smallest absolute Gasteiger partial charge is 0.211 e. The molecule has 0 atom stereocenters. The van der Waals surface area contributed by atoms with E-state index in [9.17, 15) is 0 Å². The number of methoxy groups -OCH3 is 1. The monoisotopic (exact) mass is 139 g/mol. The van der Waals surface area contributed by atoms with E-state index in [1.54, 1.807) is 19.4 Å². The minimum absolute atomic E-state index is 0.653. The normalized spacial score (nSPS) is 9.50. The van der Waals surface area contributed by atoms with Crippen molar-refractivity contribution in [2.24, 2.45) is 4.99 Å². The van der Waals surface area contributed by atoms with E-state index in [2.05, 4.69) is 11.6 Å². The van der Waals surface area contributed by atoms with Gasteiger partial charge in [0.2, 0.25) is 5.88 Å². The molecule has 0 aliphatic heterocycles. The fourth-order valence-corrected chi connectivity index (χ4v) is 0.506. The SMILES string of the molecule is C=C/C=N\C(OC)=C(C)C. The van der Waals surface area contributed by atoms with E-state index >= 15 is 0 Å². The molecule has 0 amide bonds. The molecule has 0 N–H and O–H groups in total. The van der Waals surface area contributed by atoms with Crippen molar-refractivity contribution < 1.29 is 4.74 Å². The van der Waals surface area contributed by atoms with Crippen LogP contribution in [0.15, 0.2) is 29.1 Å². The average Bonchev–Trinajstić information content (AvgIpc) is 1.89. The molecule has 0 saturated carbocycles. The van der Waals surface area contributed by atoms with Crippen LogP contribution >= 0.6 is 0 Å². The standard InChI is InChI=1S/C8H13NO/c1-5-6-9-8(10-4)7(2)3/h5-6H,1H2,2-4H3/b9-6-. The molecule has 56 valence electrons. The van der Waals surface area contributed by atoms with Gasteiger partial charge >= 0.3 is 0 Å². The fraction of sp³-hybridized carbons (Fsp3) is 0.375. The van der Waals surface area contributed by atoms with Gasteiger partial charge in [-0.05, 0) is 19.4 Å². The topological polar surface area (TPSA) is 21.6 Å². The molecule has 0 saturated heterocycles. The first-order valence-electron chi connectivity index (χ1n) is 3.09. The number of hydrogen-bond donors (Lipinski definition) is 0. The largest absolute Gasteiger partial charge is 0.481 e. The van der Waals surface area contributed by atoms with Gasteiger partial charge in [0.05, 0.1) is 7.11 Å². The van der Waals surface area contributed by atoms with Gasteiger partial charge in [0.1, 0.15) is 0 Å². The molecule has 0 aromatic carbocycles. The lowest BCUT2D eigenvalue weighted by Crippen LogP contribution is -1.85. The van der Waals surface area contributed by atoms with Crippen LogP contribution in [0.2, 0.25) is 0 Å². The third-order valence-electron chi connectivity index (χ3n) is 0.918. The highest BCUT2D eigenvalue weighted by molar-refractivity contribution is 5.71. The summed E-state index contributed by atoms with van der Waals surface area (Å²) in [6.07, 6.45) is 3.22. The number of aliphatic imine (C=N–C) groups is 1. The highest BCUT2D eigenvalue weighted by atomic mass is 16.5. The Kier molecular flexibility index (Phi) is 4.29. The van der Waals surface area contributed by atoms with E-state index in [0.29, 0.717) is 5.88 Å². The summed E-state index contributed by atoms with van der Waals surface area (Å²) in [5, 5.41) is 0. The van der Waals surface area contributed by atoms with Gasteiger partial charge in [-0.2, -0.15) is 0 Å². The van der Waals surface area contributed by atoms with Gasteiger partial charge in [0.15, 0.2) is 0 Å². The molecule has 0 spiro atoms. The van der Waals surface area contributed by atoms with E-state index in [-0.39, 0.29) is 0 Å². The lowest BCUT2D eigenvalue weighted by Gasteiger charge is -1.99. The summed E-state index contributed by atoms with van der Waals surface area (Å²) in [5.74, 6) is 0.653. The lowest BCUT2D eigenvalue weighted by molar-refractivity contribution is 0.284. The van der Waals surface area contributed by atoms with Crippen molar-refractivity contribution >= 4 is 6.21 Å². The molecule has 0 fully saturated rings. The van der Waals surface area contributed by atoms with E-state index in [0.717, 1.165) is 5.57 Å². The van der Waals surface area contributed by atoms with Gasteiger partial charge in [0.25, 0.3) is 0 Å². The Bertz CT molecular complexity index is 164. The number of hydrogen-bond acceptors (Lipinski definition) is 2. The molecule has 0 aromatic rings. The van der Waals surface area contributed by atoms with Crippen LogP contribution in [0.5, 0.6) is 0 Å². The van der Waals surface area contributed by atoms with Crippen molar-refractivity contribution in [2.45, 2.75) is 13.8 Å². The summed E-state index contributed by atoms with van der Waals surface area (Å²) in [5.41, 5.74) is 1.06. The zero-order chi connectivity index (χ0) is 7.98. The van der Waals surface area contributed by atoms with Crippen molar-refractivity contribution in [3.63, 3.8) is 0 Å². The predicted octanol–water partition coefficient (Wildman–Crippen LogP) is 2.14. The molecule has 0 bridgehead atoms. The first kappa shape index (κ1) is 8.95. The van der Waals surface area contributed by atoms with Crippen LogP contribution in [0.25, 0.3) is 0 Å². The maximum absolute atomic E-state index is 4.95. The second-order valence-corrected chi connectivity index (χ2v) is 2.02. The summed E-state index contributed by atoms with van der Waals surface area (Å²) in [7, 11) is 1.60. The van der Waals surface area contributed by atoms with E-state index in [1.165, 1.54) is 0 Å². The second kappa shape index (κ2) is 4.79. The Morgan fingerprint density at radius 2 is 2.10 bits per heavy atom. The molecular formula is C8H13NO. The Balaban J connectivity index is 4.23. The summed E-state index contributed by atoms with van der Waals surface area (Å²) < 4.78 is 4.95. The van der Waals surface area contributed by atoms with Crippen LogP contribution in [0, 0.1) is 0 Å². The van der Waals surface area contributed by atoms with E-state index in [4.69, 9.17) is 4.74 Å². The molecule has 0 aromatic heterocycles. The molecule has 0 aliphatic carbocycles. The number of nitrogens with zero attached hydrogens (tertiary/aromatic N) is 1. The molecule has 0 radical (unpaired) electrons. The quantitative estimate of drug-likeness (QED) is 0.433. The van der Waals surface area contributed by atoms with Crippen LogP contribution in [-0.2, 0) is 4.74 Å². The van der Waals surface area contributed by atoms with Crippen molar-refractivity contribution in [3.8, 4) is 0 Å². The van der Waals surface area contributed by atoms with Gasteiger partial charge in [0, 0.05) is 6.21 Å². The molecule has 0 aliphatic rings. The van der Waals surface area contributed by atoms with Crippen molar-refractivity contribution in [2.75, 3.05) is 7.11 Å². The summed E-state index contributed by atoms with van der Waals surface area (Å²) >= 11 is 0. The Labute approximate surface area is 61.9 Å². The molecule has 0 heterocycles. The predicted molar refractivity (Wildman–Crippen MR) is 44.1 cm³/mol. The fourth-order valence-electron chi connectivity index (χ4n) is 0.506. The van der Waals surface area contributed by atoms with Gasteiger partial charge in [-0.15, -0.1) is 0 Å². The summed E-state index contributed by atoms with van der Waals surface area (Å²) in [6.45, 7) is 7.39. The molecule has 0 unspecified atom stereocenters. The van der Waals surface area contributed by atoms with E-state index < -0.39 is 0 Å². The maximum Gasteiger partial charge on any atom is 0.211 e. The molecule has 0 rings (SSSR count). The van der Waals surface area contributed by atoms with Gasteiger partial charge in [-0.3, -0.25) is 0 Å². The second-order valence-electron chi connectivity index (χ2n) is 2.02. The average molecular weight is 139 g/mol. The number of rotatable bonds is 3. The van der Waals surface area contributed by atoms with Gasteiger partial charge in [-0.25, -0.2) is 4.99 Å². The van der Waals surface area contributed by atoms with Gasteiger partial charge in [-0.1, -0.05) is 12.7 Å². The zero-order valence-electron chi connectivity index (χ0n) is 6.72. The van der Waals surface area contributed by atoms with E-state index in [1.807, 2.05) is 13.8 Å². The van der Waals surface area contributed by atoms with Crippen molar-refractivity contribution in [1.82, 2.24) is 0 Å². The first-order valence-corrected chi connectivity index (χ1v) is 3.09. The first-order chi connectivity index (χ1) is 4.72. The van der Waals surface area contributed by atoms with Crippen LogP contribution < -0.4 is 0 Å². The minimum Gasteiger partial charge on any atom is -0.481 e. The molecule has 2 nitrogen and oxygen atoms in total. The number of ether oxygens (including phenoxy) is 1. The molecule has 2 heteroatoms. The van der Waals surface area contributed by atoms with Gasteiger partial charge < -0.3 is 4.74 Å². The molecule has 10 heavy (non-hydrogen) atoms. The highest BCUT2D eigenvalue weighted by Crippen LogP contribution is 2.03.